The number of anilines is 1. The van der Waals surface area contributed by atoms with Crippen molar-refractivity contribution in [3.63, 3.8) is 0 Å². The van der Waals surface area contributed by atoms with E-state index in [0.29, 0.717) is 48.5 Å². The average molecular weight is 556 g/mol. The summed E-state index contributed by atoms with van der Waals surface area (Å²) < 4.78 is 24.0. The summed E-state index contributed by atoms with van der Waals surface area (Å²) in [4.78, 5) is 31.3. The maximum absolute atomic E-state index is 12.7. The van der Waals surface area contributed by atoms with E-state index in [1.165, 1.54) is 18.0 Å². The number of nitrogens with zero attached hydrogens (tertiary/aromatic N) is 4. The van der Waals surface area contributed by atoms with Gasteiger partial charge in [-0.2, -0.15) is 5.10 Å². The molecule has 1 aromatic carbocycles. The smallest absolute Gasteiger partial charge is 0.253 e. The molecule has 2 aliphatic rings. The molecule has 2 aromatic heterocycles. The van der Waals surface area contributed by atoms with Crippen molar-refractivity contribution in [1.82, 2.24) is 19.7 Å². The molecule has 1 N–H and O–H groups in total. The number of aromatic nitrogens is 3. The summed E-state index contributed by atoms with van der Waals surface area (Å²) in [6.07, 6.45) is 4.21. The fourth-order valence-corrected chi connectivity index (χ4v) is 4.67. The SMILES string of the molecule is COc1cc(O[C@@H]2CO[C@@H](C(=O)Nc3cnn(CC(=O)N4CC(C)(COc5ccc(Cl)cc5)C4)c3)C2)ccn1. The molecule has 0 spiro atoms. The summed E-state index contributed by atoms with van der Waals surface area (Å²) in [7, 11) is 1.53. The molecule has 12 heteroatoms. The third-order valence-corrected chi connectivity index (χ3v) is 6.82. The number of methoxy groups -OCH3 is 1. The van der Waals surface area contributed by atoms with Gasteiger partial charge in [-0.15, -0.1) is 0 Å². The zero-order valence-electron chi connectivity index (χ0n) is 21.7. The monoisotopic (exact) mass is 555 g/mol. The second kappa shape index (κ2) is 11.5. The van der Waals surface area contributed by atoms with Crippen LogP contribution in [0.5, 0.6) is 17.4 Å². The van der Waals surface area contributed by atoms with Crippen LogP contribution >= 0.6 is 11.6 Å². The van der Waals surface area contributed by atoms with Crippen LogP contribution in [0, 0.1) is 5.41 Å². The van der Waals surface area contributed by atoms with Gasteiger partial charge in [0.2, 0.25) is 11.8 Å². The number of ether oxygens (including phenoxy) is 4. The Bertz CT molecular complexity index is 1310. The predicted molar refractivity (Wildman–Crippen MR) is 142 cm³/mol. The number of benzene rings is 1. The van der Waals surface area contributed by atoms with Crippen molar-refractivity contribution in [3.8, 4) is 17.4 Å². The van der Waals surface area contributed by atoms with Gasteiger partial charge in [-0.05, 0) is 30.3 Å². The summed E-state index contributed by atoms with van der Waals surface area (Å²) in [6, 6.07) is 10.6. The Kier molecular flexibility index (Phi) is 7.89. The highest BCUT2D eigenvalue weighted by atomic mass is 35.5. The Hall–Kier alpha value is -3.83. The number of rotatable bonds is 10. The first-order valence-electron chi connectivity index (χ1n) is 12.6. The van der Waals surface area contributed by atoms with E-state index in [1.807, 2.05) is 12.1 Å². The van der Waals surface area contributed by atoms with Crippen molar-refractivity contribution in [2.24, 2.45) is 5.41 Å². The summed E-state index contributed by atoms with van der Waals surface area (Å²) >= 11 is 5.91. The topological polar surface area (TPSA) is 117 Å². The van der Waals surface area contributed by atoms with Gasteiger partial charge in [-0.1, -0.05) is 18.5 Å². The average Bonchev–Trinajstić information content (AvgIpc) is 3.56. The largest absolute Gasteiger partial charge is 0.493 e. The number of hydrogen-bond acceptors (Lipinski definition) is 8. The van der Waals surface area contributed by atoms with Crippen molar-refractivity contribution in [3.05, 3.63) is 60.0 Å². The minimum atomic E-state index is -0.655. The number of hydrogen-bond donors (Lipinski definition) is 1. The Morgan fingerprint density at radius 2 is 2.00 bits per heavy atom. The molecule has 11 nitrogen and oxygen atoms in total. The summed E-state index contributed by atoms with van der Waals surface area (Å²) in [5.41, 5.74) is 0.370. The third-order valence-electron chi connectivity index (χ3n) is 6.57. The molecule has 2 fully saturated rings. The first kappa shape index (κ1) is 26.8. The number of amides is 2. The van der Waals surface area contributed by atoms with Gasteiger partial charge in [0.1, 0.15) is 30.3 Å². The van der Waals surface area contributed by atoms with Gasteiger partial charge >= 0.3 is 0 Å². The van der Waals surface area contributed by atoms with Crippen LogP contribution in [0.1, 0.15) is 13.3 Å². The highest BCUT2D eigenvalue weighted by molar-refractivity contribution is 6.30. The zero-order valence-corrected chi connectivity index (χ0v) is 22.5. The number of pyridine rings is 1. The Morgan fingerprint density at radius 1 is 1.21 bits per heavy atom. The molecule has 0 radical (unpaired) electrons. The molecule has 2 saturated heterocycles. The van der Waals surface area contributed by atoms with Gasteiger partial charge in [-0.25, -0.2) is 4.98 Å². The number of halogens is 1. The molecule has 0 bridgehead atoms. The van der Waals surface area contributed by atoms with Crippen LogP contribution in [0.25, 0.3) is 0 Å². The fraction of sp³-hybridized carbons (Fsp3) is 0.407. The molecule has 39 heavy (non-hydrogen) atoms. The first-order chi connectivity index (χ1) is 18.8. The maximum Gasteiger partial charge on any atom is 0.253 e. The lowest BCUT2D eigenvalue weighted by Gasteiger charge is -2.47. The van der Waals surface area contributed by atoms with Crippen LogP contribution in [-0.4, -0.2) is 77.1 Å². The highest BCUT2D eigenvalue weighted by Crippen LogP contribution is 2.31. The normalized spacial score (nSPS) is 19.7. The van der Waals surface area contributed by atoms with Gasteiger partial charge in [0.05, 0.1) is 32.2 Å². The van der Waals surface area contributed by atoms with Gasteiger partial charge < -0.3 is 29.2 Å². The molecule has 3 aromatic rings. The second-order valence-electron chi connectivity index (χ2n) is 10.1. The number of carbonyl (C=O) groups is 2. The molecule has 0 unspecified atom stereocenters. The molecule has 0 saturated carbocycles. The lowest BCUT2D eigenvalue weighted by Crippen LogP contribution is -2.60. The van der Waals surface area contributed by atoms with Crippen LogP contribution < -0.4 is 19.5 Å². The van der Waals surface area contributed by atoms with Crippen molar-refractivity contribution >= 4 is 29.1 Å². The van der Waals surface area contributed by atoms with Gasteiger partial charge in [-0.3, -0.25) is 14.3 Å². The van der Waals surface area contributed by atoms with Gasteiger partial charge in [0.25, 0.3) is 5.91 Å². The Balaban J connectivity index is 1.04. The molecule has 0 aliphatic carbocycles. The van der Waals surface area contributed by atoms with Crippen LogP contribution in [0.4, 0.5) is 5.69 Å². The lowest BCUT2D eigenvalue weighted by atomic mass is 9.83. The summed E-state index contributed by atoms with van der Waals surface area (Å²) in [5, 5.41) is 7.68. The van der Waals surface area contributed by atoms with Crippen LogP contribution in [0.15, 0.2) is 55.0 Å². The lowest BCUT2D eigenvalue weighted by molar-refractivity contribution is -0.145. The standard InChI is InChI=1S/C27H30ClN5O6/c1-27(17-38-20-5-3-18(28)4-6-20)15-32(16-27)25(34)13-33-12-19(11-30-33)31-26(35)23-9-22(14-37-23)39-21-7-8-29-24(10-21)36-2/h3-8,10-12,22-23H,9,13-17H2,1-2H3,(H,31,35)/t22-,23+/m0/s1. The number of carbonyl (C=O) groups excluding carboxylic acids is 2. The van der Waals surface area contributed by atoms with E-state index in [1.54, 1.807) is 41.6 Å². The van der Waals surface area contributed by atoms with Crippen LogP contribution in [0.2, 0.25) is 5.02 Å². The van der Waals surface area contributed by atoms with E-state index in [9.17, 15) is 9.59 Å². The molecular formula is C27H30ClN5O6. The third kappa shape index (κ3) is 6.79. The quantitative estimate of drug-likeness (QED) is 0.406. The van der Waals surface area contributed by atoms with Crippen molar-refractivity contribution in [1.29, 1.82) is 0 Å². The Labute approximate surface area is 230 Å². The molecule has 206 valence electrons. The van der Waals surface area contributed by atoms with Crippen molar-refractivity contribution in [2.75, 3.05) is 38.7 Å². The minimum Gasteiger partial charge on any atom is -0.493 e. The molecule has 2 aliphatic heterocycles. The fourth-order valence-electron chi connectivity index (χ4n) is 4.54. The summed E-state index contributed by atoms with van der Waals surface area (Å²) in [6.45, 7) is 4.15. The predicted octanol–water partition coefficient (Wildman–Crippen LogP) is 3.04. The maximum atomic E-state index is 12.7. The van der Waals surface area contributed by atoms with E-state index < -0.39 is 6.10 Å². The first-order valence-corrected chi connectivity index (χ1v) is 12.9. The van der Waals surface area contributed by atoms with Crippen LogP contribution in [-0.2, 0) is 20.9 Å². The molecule has 5 rings (SSSR count). The van der Waals surface area contributed by atoms with Crippen molar-refractivity contribution in [2.45, 2.75) is 32.1 Å². The summed E-state index contributed by atoms with van der Waals surface area (Å²) in [5.74, 6) is 1.45. The van der Waals surface area contributed by atoms with E-state index in [0.717, 1.165) is 5.75 Å². The number of nitrogens with one attached hydrogen (secondary N) is 1. The van der Waals surface area contributed by atoms with E-state index in [2.05, 4.69) is 22.3 Å². The molecular weight excluding hydrogens is 526 g/mol. The van der Waals surface area contributed by atoms with Crippen LogP contribution in [0.3, 0.4) is 0 Å². The zero-order chi connectivity index (χ0) is 27.4. The van der Waals surface area contributed by atoms with E-state index in [4.69, 9.17) is 30.5 Å². The molecule has 2 amide bonds. The Morgan fingerprint density at radius 3 is 2.77 bits per heavy atom. The van der Waals surface area contributed by atoms with E-state index >= 15 is 0 Å². The highest BCUT2D eigenvalue weighted by Gasteiger charge is 2.42. The molecule has 2 atom stereocenters. The molecule has 4 heterocycles. The van der Waals surface area contributed by atoms with E-state index in [-0.39, 0.29) is 36.5 Å². The van der Waals surface area contributed by atoms with Gasteiger partial charge in [0.15, 0.2) is 0 Å². The van der Waals surface area contributed by atoms with Gasteiger partial charge in [0, 0.05) is 48.4 Å². The number of likely N-dealkylation sites (tertiary alicyclic amines) is 1. The minimum absolute atomic E-state index is 0.0493. The second-order valence-corrected chi connectivity index (χ2v) is 10.5. The van der Waals surface area contributed by atoms with Crippen molar-refractivity contribution < 1.29 is 28.5 Å².